The quantitative estimate of drug-likeness (QED) is 0.921. The minimum Gasteiger partial charge on any atom is -0.487 e. The normalized spacial score (nSPS) is 32.3. The van der Waals surface area contributed by atoms with Crippen molar-refractivity contribution in [2.45, 2.75) is 62.6 Å². The van der Waals surface area contributed by atoms with Crippen LogP contribution in [0.5, 0.6) is 5.75 Å². The van der Waals surface area contributed by atoms with Crippen molar-refractivity contribution >= 4 is 0 Å². The number of nitrogens with one attached hydrogen (secondary N) is 1. The van der Waals surface area contributed by atoms with Gasteiger partial charge in [0.25, 0.3) is 0 Å². The number of benzene rings is 1. The van der Waals surface area contributed by atoms with E-state index in [0.717, 1.165) is 30.7 Å². The Hall–Kier alpha value is -1.06. The molecular weight excluding hydrogens is 284 g/mol. The largest absolute Gasteiger partial charge is 0.487 e. The third-order valence-corrected chi connectivity index (χ3v) is 6.50. The summed E-state index contributed by atoms with van der Waals surface area (Å²) in [5.74, 6) is 1.96. The zero-order chi connectivity index (χ0) is 15.3. The van der Waals surface area contributed by atoms with Crippen molar-refractivity contribution in [3.8, 4) is 5.75 Å². The van der Waals surface area contributed by atoms with Crippen LogP contribution in [0.3, 0.4) is 0 Å². The molecule has 124 valence electrons. The van der Waals surface area contributed by atoms with E-state index >= 15 is 0 Å². The highest BCUT2D eigenvalue weighted by Gasteiger charge is 2.45. The molecule has 1 aromatic rings. The van der Waals surface area contributed by atoms with Gasteiger partial charge in [-0.3, -0.25) is 0 Å². The second-order valence-electron chi connectivity index (χ2n) is 8.22. The van der Waals surface area contributed by atoms with E-state index in [4.69, 9.17) is 4.74 Å². The molecule has 0 bridgehead atoms. The lowest BCUT2D eigenvalue weighted by Gasteiger charge is -2.48. The Morgan fingerprint density at radius 2 is 2.04 bits per heavy atom. The number of nitrogens with zero attached hydrogens (tertiary/aromatic N) is 1. The van der Waals surface area contributed by atoms with Crippen molar-refractivity contribution in [3.05, 3.63) is 29.8 Å². The summed E-state index contributed by atoms with van der Waals surface area (Å²) >= 11 is 0. The highest BCUT2D eigenvalue weighted by molar-refractivity contribution is 5.39. The predicted molar refractivity (Wildman–Crippen MR) is 91.7 cm³/mol. The van der Waals surface area contributed by atoms with Gasteiger partial charge in [-0.15, -0.1) is 0 Å². The molecule has 2 saturated carbocycles. The number of para-hydroxylation sites is 1. The number of ether oxygens (including phenoxy) is 1. The van der Waals surface area contributed by atoms with E-state index in [0.29, 0.717) is 6.04 Å². The van der Waals surface area contributed by atoms with Gasteiger partial charge in [0.15, 0.2) is 0 Å². The summed E-state index contributed by atoms with van der Waals surface area (Å²) in [6.07, 6.45) is 9.21. The molecule has 0 radical (unpaired) electrons. The summed E-state index contributed by atoms with van der Waals surface area (Å²) in [6, 6.07) is 10.1. The zero-order valence-corrected chi connectivity index (χ0v) is 14.0. The van der Waals surface area contributed by atoms with Crippen LogP contribution in [0.1, 0.15) is 56.6 Å². The molecule has 4 aliphatic rings. The standard InChI is InChI=1S/C20H28N2O/c1-2-5-19-17(4-1)18(12-20(23-19)9-3-10-20)21-13-15-8-11-22(14-15)16-6-7-16/h1-2,4-5,15-16,18,21H,3,6-14H2/t15-,18-/m0/s1. The lowest BCUT2D eigenvalue weighted by molar-refractivity contribution is -0.0371. The average Bonchev–Trinajstić information content (AvgIpc) is 3.29. The molecular formula is C20H28N2O. The highest BCUT2D eigenvalue weighted by atomic mass is 16.5. The Morgan fingerprint density at radius 1 is 1.17 bits per heavy atom. The molecule has 1 N–H and O–H groups in total. The average molecular weight is 312 g/mol. The number of hydrogen-bond donors (Lipinski definition) is 1. The SMILES string of the molecule is c1ccc2c(c1)OC1(CCC1)C[C@@H]2NC[C@@H]1CCN(C2CC2)C1. The van der Waals surface area contributed by atoms with E-state index in [9.17, 15) is 0 Å². The molecule has 1 spiro atoms. The van der Waals surface area contributed by atoms with E-state index in [1.54, 1.807) is 0 Å². The Balaban J connectivity index is 1.26. The fourth-order valence-corrected chi connectivity index (χ4v) is 4.79. The van der Waals surface area contributed by atoms with Gasteiger partial charge in [-0.25, -0.2) is 0 Å². The van der Waals surface area contributed by atoms with Crippen LogP contribution in [-0.2, 0) is 0 Å². The van der Waals surface area contributed by atoms with Crippen molar-refractivity contribution in [2.24, 2.45) is 5.92 Å². The molecule has 2 aliphatic heterocycles. The molecule has 1 saturated heterocycles. The van der Waals surface area contributed by atoms with Gasteiger partial charge >= 0.3 is 0 Å². The Labute approximate surface area is 139 Å². The summed E-state index contributed by atoms with van der Waals surface area (Å²) in [6.45, 7) is 3.80. The number of likely N-dealkylation sites (tertiary alicyclic amines) is 1. The first kappa shape index (κ1) is 14.3. The second-order valence-corrected chi connectivity index (χ2v) is 8.22. The molecule has 3 nitrogen and oxygen atoms in total. The van der Waals surface area contributed by atoms with Crippen LogP contribution in [0.25, 0.3) is 0 Å². The summed E-state index contributed by atoms with van der Waals surface area (Å²) in [5.41, 5.74) is 1.52. The minimum atomic E-state index is 0.141. The van der Waals surface area contributed by atoms with Gasteiger partial charge in [0.05, 0.1) is 0 Å². The first-order chi connectivity index (χ1) is 11.3. The third kappa shape index (κ3) is 2.68. The van der Waals surface area contributed by atoms with Crippen LogP contribution in [0, 0.1) is 5.92 Å². The molecule has 3 heteroatoms. The zero-order valence-electron chi connectivity index (χ0n) is 14.0. The summed E-state index contributed by atoms with van der Waals surface area (Å²) in [7, 11) is 0. The maximum absolute atomic E-state index is 6.37. The summed E-state index contributed by atoms with van der Waals surface area (Å²) in [5, 5.41) is 3.92. The smallest absolute Gasteiger partial charge is 0.124 e. The van der Waals surface area contributed by atoms with Crippen molar-refractivity contribution in [3.63, 3.8) is 0 Å². The maximum Gasteiger partial charge on any atom is 0.124 e. The first-order valence-electron chi connectivity index (χ1n) is 9.57. The Bertz CT molecular complexity index is 579. The van der Waals surface area contributed by atoms with Gasteiger partial charge in [-0.1, -0.05) is 18.2 Å². The topological polar surface area (TPSA) is 24.5 Å². The van der Waals surface area contributed by atoms with E-state index in [2.05, 4.69) is 34.5 Å². The number of hydrogen-bond acceptors (Lipinski definition) is 3. The van der Waals surface area contributed by atoms with Crippen LogP contribution in [0.2, 0.25) is 0 Å². The van der Waals surface area contributed by atoms with E-state index < -0.39 is 0 Å². The molecule has 0 unspecified atom stereocenters. The van der Waals surface area contributed by atoms with Gasteiger partial charge in [0.1, 0.15) is 11.4 Å². The first-order valence-corrected chi connectivity index (χ1v) is 9.57. The third-order valence-electron chi connectivity index (χ3n) is 6.50. The number of fused-ring (bicyclic) bond motifs is 1. The Kier molecular flexibility index (Phi) is 3.41. The van der Waals surface area contributed by atoms with Crippen molar-refractivity contribution in [2.75, 3.05) is 19.6 Å². The molecule has 3 fully saturated rings. The van der Waals surface area contributed by atoms with Crippen LogP contribution >= 0.6 is 0 Å². The van der Waals surface area contributed by atoms with Crippen LogP contribution in [0.15, 0.2) is 24.3 Å². The van der Waals surface area contributed by atoms with Crippen LogP contribution < -0.4 is 10.1 Å². The van der Waals surface area contributed by atoms with Crippen molar-refractivity contribution < 1.29 is 4.74 Å². The lowest BCUT2D eigenvalue weighted by atomic mass is 9.73. The van der Waals surface area contributed by atoms with E-state index in [1.807, 2.05) is 0 Å². The number of rotatable bonds is 4. The second kappa shape index (κ2) is 5.49. The summed E-state index contributed by atoms with van der Waals surface area (Å²) in [4.78, 5) is 2.72. The van der Waals surface area contributed by atoms with Gasteiger partial charge in [-0.2, -0.15) is 0 Å². The highest BCUT2D eigenvalue weighted by Crippen LogP contribution is 2.48. The van der Waals surface area contributed by atoms with Gasteiger partial charge in [0, 0.05) is 30.6 Å². The molecule has 23 heavy (non-hydrogen) atoms. The molecule has 0 amide bonds. The molecule has 2 atom stereocenters. The fraction of sp³-hybridized carbons (Fsp3) is 0.700. The van der Waals surface area contributed by atoms with E-state index in [1.165, 1.54) is 57.2 Å². The predicted octanol–water partition coefficient (Wildman–Crippen LogP) is 3.51. The van der Waals surface area contributed by atoms with Gasteiger partial charge in [0.2, 0.25) is 0 Å². The van der Waals surface area contributed by atoms with Crippen molar-refractivity contribution in [1.82, 2.24) is 10.2 Å². The molecule has 1 aromatic carbocycles. The van der Waals surface area contributed by atoms with Crippen LogP contribution in [-0.4, -0.2) is 36.2 Å². The molecule has 2 heterocycles. The summed E-state index contributed by atoms with van der Waals surface area (Å²) < 4.78 is 6.37. The lowest BCUT2D eigenvalue weighted by Crippen LogP contribution is -2.49. The minimum absolute atomic E-state index is 0.141. The van der Waals surface area contributed by atoms with E-state index in [-0.39, 0.29) is 5.60 Å². The van der Waals surface area contributed by atoms with Crippen molar-refractivity contribution in [1.29, 1.82) is 0 Å². The monoisotopic (exact) mass is 312 g/mol. The maximum atomic E-state index is 6.37. The molecule has 0 aromatic heterocycles. The van der Waals surface area contributed by atoms with Gasteiger partial charge in [-0.05, 0) is 63.6 Å². The molecule has 5 rings (SSSR count). The molecule has 2 aliphatic carbocycles. The van der Waals surface area contributed by atoms with Crippen LogP contribution in [0.4, 0.5) is 0 Å². The van der Waals surface area contributed by atoms with Gasteiger partial charge < -0.3 is 15.0 Å². The fourth-order valence-electron chi connectivity index (χ4n) is 4.79. The Morgan fingerprint density at radius 3 is 2.83 bits per heavy atom.